The molecule has 0 fully saturated rings. The van der Waals surface area contributed by atoms with Crippen molar-refractivity contribution >= 4 is 43.4 Å². The SMILES string of the molecule is CCOc1ccc2ccccc2c1C(=O)N(CCN(C)C)c1nc2c(C)cc(C)cc2s1. The van der Waals surface area contributed by atoms with Crippen molar-refractivity contribution in [1.29, 1.82) is 0 Å². The molecule has 4 rings (SSSR count). The summed E-state index contributed by atoms with van der Waals surface area (Å²) in [4.78, 5) is 22.9. The first-order valence-electron chi connectivity index (χ1n) is 10.9. The number of ether oxygens (including phenoxy) is 1. The summed E-state index contributed by atoms with van der Waals surface area (Å²) in [6, 6.07) is 16.1. The van der Waals surface area contributed by atoms with E-state index in [9.17, 15) is 4.79 Å². The van der Waals surface area contributed by atoms with Crippen molar-refractivity contribution in [3.8, 4) is 5.75 Å². The summed E-state index contributed by atoms with van der Waals surface area (Å²) in [7, 11) is 4.02. The lowest BCUT2D eigenvalue weighted by atomic mass is 10.0. The number of thiazole rings is 1. The van der Waals surface area contributed by atoms with Crippen LogP contribution in [0, 0.1) is 13.8 Å². The molecule has 0 atom stereocenters. The lowest BCUT2D eigenvalue weighted by Crippen LogP contribution is -2.37. The summed E-state index contributed by atoms with van der Waals surface area (Å²) in [5.41, 5.74) is 3.88. The molecule has 1 amide bonds. The molecular weight excluding hydrogens is 418 g/mol. The number of hydrogen-bond acceptors (Lipinski definition) is 5. The molecule has 166 valence electrons. The van der Waals surface area contributed by atoms with E-state index in [4.69, 9.17) is 9.72 Å². The third-order valence-electron chi connectivity index (χ3n) is 5.47. The number of amides is 1. The smallest absolute Gasteiger partial charge is 0.264 e. The van der Waals surface area contributed by atoms with Crippen LogP contribution in [0.3, 0.4) is 0 Å². The minimum absolute atomic E-state index is 0.0828. The third kappa shape index (κ3) is 4.33. The van der Waals surface area contributed by atoms with Crippen LogP contribution >= 0.6 is 11.3 Å². The Morgan fingerprint density at radius 3 is 2.59 bits per heavy atom. The topological polar surface area (TPSA) is 45.7 Å². The van der Waals surface area contributed by atoms with E-state index in [1.54, 1.807) is 11.3 Å². The highest BCUT2D eigenvalue weighted by Gasteiger charge is 2.26. The zero-order valence-electron chi connectivity index (χ0n) is 19.3. The number of fused-ring (bicyclic) bond motifs is 2. The predicted molar refractivity (Wildman–Crippen MR) is 134 cm³/mol. The zero-order valence-corrected chi connectivity index (χ0v) is 20.1. The maximum absolute atomic E-state index is 14.1. The fourth-order valence-electron chi connectivity index (χ4n) is 3.94. The summed E-state index contributed by atoms with van der Waals surface area (Å²) in [6.45, 7) is 7.86. The van der Waals surface area contributed by atoms with Crippen molar-refractivity contribution in [3.63, 3.8) is 0 Å². The van der Waals surface area contributed by atoms with Gasteiger partial charge in [-0.3, -0.25) is 9.69 Å². The number of carbonyl (C=O) groups is 1. The highest BCUT2D eigenvalue weighted by Crippen LogP contribution is 2.35. The van der Waals surface area contributed by atoms with E-state index in [0.717, 1.165) is 38.2 Å². The summed E-state index contributed by atoms with van der Waals surface area (Å²) in [6.07, 6.45) is 0. The van der Waals surface area contributed by atoms with Gasteiger partial charge < -0.3 is 9.64 Å². The van der Waals surface area contributed by atoms with Gasteiger partial charge in [0.15, 0.2) is 5.13 Å². The molecule has 0 unspecified atom stereocenters. The number of likely N-dealkylation sites (N-methyl/N-ethyl adjacent to an activating group) is 1. The molecule has 6 heteroatoms. The van der Waals surface area contributed by atoms with Crippen molar-refractivity contribution in [3.05, 3.63) is 65.2 Å². The molecule has 0 saturated heterocycles. The number of aromatic nitrogens is 1. The van der Waals surface area contributed by atoms with E-state index in [1.165, 1.54) is 5.56 Å². The molecule has 1 aromatic heterocycles. The summed E-state index contributed by atoms with van der Waals surface area (Å²) in [5, 5.41) is 2.63. The molecule has 0 aliphatic heterocycles. The molecule has 0 N–H and O–H groups in total. The van der Waals surface area contributed by atoms with E-state index >= 15 is 0 Å². The molecule has 0 aliphatic rings. The molecule has 0 radical (unpaired) electrons. The maximum atomic E-state index is 14.1. The molecule has 5 nitrogen and oxygen atoms in total. The number of nitrogens with zero attached hydrogens (tertiary/aromatic N) is 3. The second kappa shape index (κ2) is 9.27. The number of aryl methyl sites for hydroxylation is 2. The highest BCUT2D eigenvalue weighted by atomic mass is 32.1. The van der Waals surface area contributed by atoms with Crippen LogP contribution in [0.4, 0.5) is 5.13 Å². The van der Waals surface area contributed by atoms with Crippen LogP contribution in [0.15, 0.2) is 48.5 Å². The Morgan fingerprint density at radius 1 is 1.06 bits per heavy atom. The van der Waals surface area contributed by atoms with Crippen molar-refractivity contribution in [2.45, 2.75) is 20.8 Å². The summed E-state index contributed by atoms with van der Waals surface area (Å²) < 4.78 is 7.00. The average Bonchev–Trinajstić information content (AvgIpc) is 3.17. The van der Waals surface area contributed by atoms with E-state index in [-0.39, 0.29) is 5.91 Å². The fraction of sp³-hybridized carbons (Fsp3) is 0.308. The van der Waals surface area contributed by atoms with Crippen LogP contribution in [0.2, 0.25) is 0 Å². The van der Waals surface area contributed by atoms with Crippen molar-refractivity contribution < 1.29 is 9.53 Å². The van der Waals surface area contributed by atoms with Crippen molar-refractivity contribution in [1.82, 2.24) is 9.88 Å². The van der Waals surface area contributed by atoms with Gasteiger partial charge in [0.05, 0.1) is 22.4 Å². The number of rotatable bonds is 7. The minimum atomic E-state index is -0.0828. The van der Waals surface area contributed by atoms with Crippen LogP contribution in [-0.2, 0) is 0 Å². The molecular formula is C26H29N3O2S. The van der Waals surface area contributed by atoms with Gasteiger partial charge >= 0.3 is 0 Å². The number of carbonyl (C=O) groups excluding carboxylic acids is 1. The van der Waals surface area contributed by atoms with Crippen LogP contribution in [-0.4, -0.2) is 49.6 Å². The molecule has 32 heavy (non-hydrogen) atoms. The van der Waals surface area contributed by atoms with E-state index < -0.39 is 0 Å². The monoisotopic (exact) mass is 447 g/mol. The Morgan fingerprint density at radius 2 is 1.84 bits per heavy atom. The van der Waals surface area contributed by atoms with E-state index in [1.807, 2.05) is 62.3 Å². The molecule has 0 bridgehead atoms. The van der Waals surface area contributed by atoms with Gasteiger partial charge in [0, 0.05) is 13.1 Å². The molecule has 0 spiro atoms. The van der Waals surface area contributed by atoms with Crippen LogP contribution in [0.5, 0.6) is 5.75 Å². The first kappa shape index (κ1) is 22.2. The van der Waals surface area contributed by atoms with Crippen LogP contribution in [0.25, 0.3) is 21.0 Å². The third-order valence-corrected chi connectivity index (χ3v) is 6.50. The Bertz CT molecular complexity index is 1280. The fourth-order valence-corrected chi connectivity index (χ4v) is 5.11. The van der Waals surface area contributed by atoms with Gasteiger partial charge in [-0.25, -0.2) is 4.98 Å². The van der Waals surface area contributed by atoms with E-state index in [2.05, 4.69) is 30.9 Å². The molecule has 0 saturated carbocycles. The quantitative estimate of drug-likeness (QED) is 0.366. The Hall–Kier alpha value is -2.96. The van der Waals surface area contributed by atoms with Crippen LogP contribution in [0.1, 0.15) is 28.4 Å². The number of benzene rings is 3. The van der Waals surface area contributed by atoms with Gasteiger partial charge in [0.2, 0.25) is 0 Å². The molecule has 4 aromatic rings. The Kier molecular flexibility index (Phi) is 6.44. The standard InChI is InChI=1S/C26H29N3O2S/c1-6-31-21-12-11-19-9-7-8-10-20(19)23(21)25(30)29(14-13-28(4)5)26-27-24-18(3)15-17(2)16-22(24)32-26/h7-12,15-16H,6,13-14H2,1-5H3. The predicted octanol–water partition coefficient (Wildman–Crippen LogP) is 5.67. The van der Waals surface area contributed by atoms with Gasteiger partial charge in [0.25, 0.3) is 5.91 Å². The summed E-state index contributed by atoms with van der Waals surface area (Å²) >= 11 is 1.57. The average molecular weight is 448 g/mol. The molecule has 0 aliphatic carbocycles. The first-order valence-corrected chi connectivity index (χ1v) is 11.7. The second-order valence-electron chi connectivity index (χ2n) is 8.28. The maximum Gasteiger partial charge on any atom is 0.264 e. The molecule has 3 aromatic carbocycles. The molecule has 1 heterocycles. The lowest BCUT2D eigenvalue weighted by molar-refractivity contribution is 0.0983. The summed E-state index contributed by atoms with van der Waals surface area (Å²) in [5.74, 6) is 0.528. The second-order valence-corrected chi connectivity index (χ2v) is 9.29. The number of hydrogen-bond donors (Lipinski definition) is 0. The Balaban J connectivity index is 1.87. The van der Waals surface area contributed by atoms with Gasteiger partial charge in [-0.05, 0) is 68.9 Å². The lowest BCUT2D eigenvalue weighted by Gasteiger charge is -2.24. The van der Waals surface area contributed by atoms with Gasteiger partial charge in [-0.2, -0.15) is 0 Å². The first-order chi connectivity index (χ1) is 15.4. The van der Waals surface area contributed by atoms with Gasteiger partial charge in [-0.1, -0.05) is 47.7 Å². The minimum Gasteiger partial charge on any atom is -0.493 e. The van der Waals surface area contributed by atoms with Gasteiger partial charge in [0.1, 0.15) is 5.75 Å². The van der Waals surface area contributed by atoms with E-state index in [0.29, 0.717) is 24.5 Å². The normalized spacial score (nSPS) is 11.4. The van der Waals surface area contributed by atoms with Crippen LogP contribution < -0.4 is 9.64 Å². The van der Waals surface area contributed by atoms with Gasteiger partial charge in [-0.15, -0.1) is 0 Å². The largest absolute Gasteiger partial charge is 0.493 e. The number of anilines is 1. The Labute approximate surface area is 193 Å². The highest BCUT2D eigenvalue weighted by molar-refractivity contribution is 7.22. The van der Waals surface area contributed by atoms with Crippen molar-refractivity contribution in [2.75, 3.05) is 38.7 Å². The zero-order chi connectivity index (χ0) is 22.8. The van der Waals surface area contributed by atoms with Crippen molar-refractivity contribution in [2.24, 2.45) is 0 Å².